The first-order valence-electron chi connectivity index (χ1n) is 8.05. The summed E-state index contributed by atoms with van der Waals surface area (Å²) in [4.78, 5) is 13.4. The van der Waals surface area contributed by atoms with E-state index in [9.17, 15) is 4.79 Å². The number of carbonyl (C=O) groups excluding carboxylic acids is 1. The average molecular weight is 373 g/mol. The zero-order chi connectivity index (χ0) is 17.8. The number of nitrogens with zero attached hydrogens (tertiary/aromatic N) is 3. The van der Waals surface area contributed by atoms with Gasteiger partial charge in [0.25, 0.3) is 0 Å². The van der Waals surface area contributed by atoms with Gasteiger partial charge in [0, 0.05) is 12.2 Å². The van der Waals surface area contributed by atoms with E-state index >= 15 is 0 Å². The topological polar surface area (TPSA) is 59.8 Å². The summed E-state index contributed by atoms with van der Waals surface area (Å²) in [6.45, 7) is 6.86. The zero-order valence-electron chi connectivity index (χ0n) is 14.4. The molecule has 0 spiro atoms. The van der Waals surface area contributed by atoms with E-state index in [1.807, 2.05) is 48.1 Å². The van der Waals surface area contributed by atoms with Crippen LogP contribution in [0.15, 0.2) is 40.9 Å². The summed E-state index contributed by atoms with van der Waals surface area (Å²) in [5.41, 5.74) is 3.10. The quantitative estimate of drug-likeness (QED) is 0.653. The summed E-state index contributed by atoms with van der Waals surface area (Å²) in [5, 5.41) is 14.3. The van der Waals surface area contributed by atoms with Crippen molar-refractivity contribution in [3.63, 3.8) is 0 Å². The van der Waals surface area contributed by atoms with Crippen molar-refractivity contribution in [3.05, 3.63) is 46.8 Å². The molecule has 0 aliphatic heterocycles. The number of aryl methyl sites for hydroxylation is 2. The number of anilines is 1. The lowest BCUT2D eigenvalue weighted by Gasteiger charge is -2.09. The van der Waals surface area contributed by atoms with Gasteiger partial charge in [-0.1, -0.05) is 35.5 Å². The predicted molar refractivity (Wildman–Crippen MR) is 104 cm³/mol. The highest BCUT2D eigenvalue weighted by molar-refractivity contribution is 7.99. The van der Waals surface area contributed by atoms with Gasteiger partial charge in [0.2, 0.25) is 5.91 Å². The van der Waals surface area contributed by atoms with Crippen LogP contribution >= 0.6 is 23.1 Å². The molecule has 25 heavy (non-hydrogen) atoms. The molecule has 0 saturated heterocycles. The Hall–Kier alpha value is -2.12. The summed E-state index contributed by atoms with van der Waals surface area (Å²) < 4.78 is 2.04. The highest BCUT2D eigenvalue weighted by Gasteiger charge is 2.15. The standard InChI is InChI=1S/C18H20N4OS2/c1-4-22-17(15-6-5-9-24-15)20-21-18(22)25-11-16(23)19-14-8-7-12(2)10-13(14)3/h5-10H,4,11H2,1-3H3,(H,19,23). The smallest absolute Gasteiger partial charge is 0.234 e. The third-order valence-corrected chi connectivity index (χ3v) is 5.60. The maximum Gasteiger partial charge on any atom is 0.234 e. The number of carbonyl (C=O) groups is 1. The van der Waals surface area contributed by atoms with E-state index in [-0.39, 0.29) is 5.91 Å². The first-order valence-corrected chi connectivity index (χ1v) is 9.92. The number of amides is 1. The molecular formula is C18H20N4OS2. The SMILES string of the molecule is CCn1c(SCC(=O)Nc2ccc(C)cc2C)nnc1-c1cccs1. The first kappa shape index (κ1) is 17.7. The molecule has 1 aromatic carbocycles. The molecule has 2 heterocycles. The molecular weight excluding hydrogens is 352 g/mol. The van der Waals surface area contributed by atoms with E-state index in [2.05, 4.69) is 28.5 Å². The van der Waals surface area contributed by atoms with Crippen LogP contribution < -0.4 is 5.32 Å². The van der Waals surface area contributed by atoms with Crippen molar-refractivity contribution < 1.29 is 4.79 Å². The van der Waals surface area contributed by atoms with Gasteiger partial charge < -0.3 is 9.88 Å². The van der Waals surface area contributed by atoms with E-state index in [0.29, 0.717) is 5.75 Å². The van der Waals surface area contributed by atoms with E-state index in [1.54, 1.807) is 11.3 Å². The molecule has 0 radical (unpaired) electrons. The monoisotopic (exact) mass is 372 g/mol. The molecule has 130 valence electrons. The third-order valence-electron chi connectivity index (χ3n) is 3.76. The van der Waals surface area contributed by atoms with Crippen molar-refractivity contribution in [2.45, 2.75) is 32.5 Å². The summed E-state index contributed by atoms with van der Waals surface area (Å²) in [7, 11) is 0. The number of thiophene rings is 1. The fourth-order valence-electron chi connectivity index (χ4n) is 2.54. The number of hydrogen-bond acceptors (Lipinski definition) is 5. The maximum absolute atomic E-state index is 12.3. The Morgan fingerprint density at radius 2 is 2.12 bits per heavy atom. The Morgan fingerprint density at radius 3 is 2.80 bits per heavy atom. The normalized spacial score (nSPS) is 10.8. The van der Waals surface area contributed by atoms with Crippen LogP contribution in [0.4, 0.5) is 5.69 Å². The second kappa shape index (κ2) is 7.84. The van der Waals surface area contributed by atoms with Crippen LogP contribution in [-0.4, -0.2) is 26.4 Å². The Morgan fingerprint density at radius 1 is 1.28 bits per heavy atom. The summed E-state index contributed by atoms with van der Waals surface area (Å²) in [5.74, 6) is 1.12. The molecule has 0 unspecified atom stereocenters. The van der Waals surface area contributed by atoms with Gasteiger partial charge in [0.15, 0.2) is 11.0 Å². The minimum atomic E-state index is -0.0414. The highest BCUT2D eigenvalue weighted by Crippen LogP contribution is 2.27. The van der Waals surface area contributed by atoms with Crippen LogP contribution in [0.25, 0.3) is 10.7 Å². The van der Waals surface area contributed by atoms with Gasteiger partial charge in [-0.2, -0.15) is 0 Å². The first-order chi connectivity index (χ1) is 12.1. The van der Waals surface area contributed by atoms with Crippen LogP contribution in [0, 0.1) is 13.8 Å². The molecule has 7 heteroatoms. The molecule has 3 rings (SSSR count). The van der Waals surface area contributed by atoms with Gasteiger partial charge >= 0.3 is 0 Å². The van der Waals surface area contributed by atoms with E-state index < -0.39 is 0 Å². The number of rotatable bonds is 6. The molecule has 2 aromatic heterocycles. The number of nitrogens with one attached hydrogen (secondary N) is 1. The van der Waals surface area contributed by atoms with Gasteiger partial charge in [0.05, 0.1) is 10.6 Å². The molecule has 1 N–H and O–H groups in total. The lowest BCUT2D eigenvalue weighted by atomic mass is 10.1. The van der Waals surface area contributed by atoms with Gasteiger partial charge in [-0.05, 0) is 43.8 Å². The Labute approximate surface area is 155 Å². The average Bonchev–Trinajstić information content (AvgIpc) is 3.24. The second-order valence-corrected chi connectivity index (χ2v) is 7.57. The van der Waals surface area contributed by atoms with Crippen LogP contribution in [0.3, 0.4) is 0 Å². The van der Waals surface area contributed by atoms with Crippen LogP contribution in [0.5, 0.6) is 0 Å². The van der Waals surface area contributed by atoms with E-state index in [1.165, 1.54) is 17.3 Å². The van der Waals surface area contributed by atoms with E-state index in [0.717, 1.165) is 33.7 Å². The second-order valence-electron chi connectivity index (χ2n) is 5.68. The molecule has 0 fully saturated rings. The summed E-state index contributed by atoms with van der Waals surface area (Å²) in [6.07, 6.45) is 0. The molecule has 5 nitrogen and oxygen atoms in total. The number of aromatic nitrogens is 3. The van der Waals surface area contributed by atoms with Crippen molar-refractivity contribution in [2.75, 3.05) is 11.1 Å². The lowest BCUT2D eigenvalue weighted by molar-refractivity contribution is -0.113. The Kier molecular flexibility index (Phi) is 5.55. The molecule has 0 bridgehead atoms. The number of benzene rings is 1. The van der Waals surface area contributed by atoms with Crippen molar-refractivity contribution >= 4 is 34.7 Å². The Bertz CT molecular complexity index is 871. The maximum atomic E-state index is 12.3. The van der Waals surface area contributed by atoms with E-state index in [4.69, 9.17) is 0 Å². The van der Waals surface area contributed by atoms with Crippen LogP contribution in [0.1, 0.15) is 18.1 Å². The summed E-state index contributed by atoms with van der Waals surface area (Å²) in [6, 6.07) is 10.0. The van der Waals surface area contributed by atoms with Crippen molar-refractivity contribution in [1.82, 2.24) is 14.8 Å². The predicted octanol–water partition coefficient (Wildman–Crippen LogP) is 4.37. The van der Waals surface area contributed by atoms with Crippen molar-refractivity contribution in [3.8, 4) is 10.7 Å². The van der Waals surface area contributed by atoms with Crippen LogP contribution in [0.2, 0.25) is 0 Å². The third kappa shape index (κ3) is 4.11. The lowest BCUT2D eigenvalue weighted by Crippen LogP contribution is -2.15. The largest absolute Gasteiger partial charge is 0.325 e. The van der Waals surface area contributed by atoms with Gasteiger partial charge in [-0.15, -0.1) is 21.5 Å². The van der Waals surface area contributed by atoms with Crippen molar-refractivity contribution in [2.24, 2.45) is 0 Å². The van der Waals surface area contributed by atoms with Gasteiger partial charge in [0.1, 0.15) is 0 Å². The fraction of sp³-hybridized carbons (Fsp3) is 0.278. The number of hydrogen-bond donors (Lipinski definition) is 1. The van der Waals surface area contributed by atoms with Gasteiger partial charge in [-0.3, -0.25) is 4.79 Å². The minimum absolute atomic E-state index is 0.0414. The number of thioether (sulfide) groups is 1. The van der Waals surface area contributed by atoms with Gasteiger partial charge in [-0.25, -0.2) is 0 Å². The molecule has 3 aromatic rings. The Balaban J connectivity index is 1.66. The fourth-order valence-corrected chi connectivity index (χ4v) is 4.06. The molecule has 0 saturated carbocycles. The molecule has 0 aliphatic carbocycles. The molecule has 0 atom stereocenters. The summed E-state index contributed by atoms with van der Waals surface area (Å²) >= 11 is 3.04. The van der Waals surface area contributed by atoms with Crippen LogP contribution in [-0.2, 0) is 11.3 Å². The van der Waals surface area contributed by atoms with Crippen molar-refractivity contribution in [1.29, 1.82) is 0 Å². The molecule has 0 aliphatic rings. The highest BCUT2D eigenvalue weighted by atomic mass is 32.2. The zero-order valence-corrected chi connectivity index (χ0v) is 16.1. The molecule has 1 amide bonds. The minimum Gasteiger partial charge on any atom is -0.325 e.